The summed E-state index contributed by atoms with van der Waals surface area (Å²) in [4.78, 5) is 15.5. The van der Waals surface area contributed by atoms with Crippen molar-refractivity contribution in [3.8, 4) is 0 Å². The fourth-order valence-corrected chi connectivity index (χ4v) is 1.47. The van der Waals surface area contributed by atoms with Crippen LogP contribution >= 0.6 is 0 Å². The first-order valence-corrected chi connectivity index (χ1v) is 4.10. The quantitative estimate of drug-likeness (QED) is 0.602. The Morgan fingerprint density at radius 1 is 1.46 bits per heavy atom. The number of aryl methyl sites for hydroxylation is 2. The molecule has 2 heterocycles. The van der Waals surface area contributed by atoms with E-state index in [4.69, 9.17) is 0 Å². The maximum Gasteiger partial charge on any atom is 0.253 e. The second-order valence-electron chi connectivity index (χ2n) is 3.13. The minimum Gasteiger partial charge on any atom is -0.310 e. The molecule has 3 nitrogen and oxygen atoms in total. The molecular weight excluding hydrogens is 164 g/mol. The number of aromatic nitrogens is 2. The number of pyridine rings is 2. The van der Waals surface area contributed by atoms with Crippen molar-refractivity contribution in [1.29, 1.82) is 0 Å². The maximum absolute atomic E-state index is 11.5. The van der Waals surface area contributed by atoms with Crippen molar-refractivity contribution in [3.63, 3.8) is 0 Å². The lowest BCUT2D eigenvalue weighted by Crippen LogP contribution is -2.19. The molecule has 0 aliphatic heterocycles. The maximum atomic E-state index is 11.5. The van der Waals surface area contributed by atoms with Gasteiger partial charge in [-0.05, 0) is 19.1 Å². The molecule has 0 amide bonds. The first-order chi connectivity index (χ1) is 6.20. The minimum absolute atomic E-state index is 0.0421. The van der Waals surface area contributed by atoms with Gasteiger partial charge in [0.1, 0.15) is 0 Å². The van der Waals surface area contributed by atoms with Gasteiger partial charge < -0.3 is 4.57 Å². The van der Waals surface area contributed by atoms with Crippen molar-refractivity contribution in [1.82, 2.24) is 9.55 Å². The molecule has 2 aromatic rings. The Kier molecular flexibility index (Phi) is 1.65. The monoisotopic (exact) mass is 174 g/mol. The molecule has 0 saturated carbocycles. The van der Waals surface area contributed by atoms with Crippen LogP contribution in [0.5, 0.6) is 0 Å². The van der Waals surface area contributed by atoms with E-state index in [1.54, 1.807) is 24.0 Å². The van der Waals surface area contributed by atoms with E-state index < -0.39 is 0 Å². The molecule has 2 aromatic heterocycles. The van der Waals surface area contributed by atoms with Crippen LogP contribution in [-0.2, 0) is 7.05 Å². The summed E-state index contributed by atoms with van der Waals surface area (Å²) in [6.45, 7) is 1.82. The molecule has 0 bridgehead atoms. The fraction of sp³-hybridized carbons (Fsp3) is 0.200. The Morgan fingerprint density at radius 2 is 2.23 bits per heavy atom. The van der Waals surface area contributed by atoms with E-state index in [2.05, 4.69) is 4.98 Å². The van der Waals surface area contributed by atoms with Crippen molar-refractivity contribution < 1.29 is 0 Å². The lowest BCUT2D eigenvalue weighted by Gasteiger charge is -2.04. The van der Waals surface area contributed by atoms with Gasteiger partial charge in [0.15, 0.2) is 0 Å². The number of nitrogens with zero attached hydrogens (tertiary/aromatic N) is 2. The Morgan fingerprint density at radius 3 is 3.00 bits per heavy atom. The number of hydrogen-bond acceptors (Lipinski definition) is 2. The summed E-state index contributed by atoms with van der Waals surface area (Å²) in [5.41, 5.74) is 1.68. The average molecular weight is 174 g/mol. The van der Waals surface area contributed by atoms with Gasteiger partial charge in [-0.3, -0.25) is 9.78 Å². The van der Waals surface area contributed by atoms with E-state index in [1.165, 1.54) is 0 Å². The number of rotatable bonds is 0. The van der Waals surface area contributed by atoms with Gasteiger partial charge >= 0.3 is 0 Å². The van der Waals surface area contributed by atoms with Crippen LogP contribution in [-0.4, -0.2) is 9.55 Å². The molecule has 13 heavy (non-hydrogen) atoms. The molecule has 0 saturated heterocycles. The molecule has 66 valence electrons. The van der Waals surface area contributed by atoms with Gasteiger partial charge in [-0.25, -0.2) is 0 Å². The summed E-state index contributed by atoms with van der Waals surface area (Å²) >= 11 is 0. The topological polar surface area (TPSA) is 34.9 Å². The van der Waals surface area contributed by atoms with Crippen molar-refractivity contribution in [2.24, 2.45) is 7.05 Å². The molecule has 0 fully saturated rings. The smallest absolute Gasteiger partial charge is 0.253 e. The summed E-state index contributed by atoms with van der Waals surface area (Å²) in [6.07, 6.45) is 3.43. The minimum atomic E-state index is 0.0421. The Labute approximate surface area is 75.7 Å². The highest BCUT2D eigenvalue weighted by molar-refractivity contribution is 5.78. The van der Waals surface area contributed by atoms with E-state index in [0.29, 0.717) is 0 Å². The molecule has 0 aliphatic rings. The second-order valence-corrected chi connectivity index (χ2v) is 3.13. The first-order valence-electron chi connectivity index (χ1n) is 4.10. The number of fused-ring (bicyclic) bond motifs is 1. The van der Waals surface area contributed by atoms with Crippen LogP contribution in [0.2, 0.25) is 0 Å². The zero-order valence-electron chi connectivity index (χ0n) is 7.61. The standard InChI is InChI=1S/C10H10N2O/c1-7-5-8-3-4-11-6-9(8)12(2)10(7)13/h3-6H,1-2H3. The van der Waals surface area contributed by atoms with E-state index in [1.807, 2.05) is 19.1 Å². The molecule has 0 aliphatic carbocycles. The third-order valence-electron chi connectivity index (χ3n) is 2.21. The molecule has 2 rings (SSSR count). The Bertz CT molecular complexity index is 514. The van der Waals surface area contributed by atoms with Gasteiger partial charge in [0, 0.05) is 24.2 Å². The van der Waals surface area contributed by atoms with E-state index in [-0.39, 0.29) is 5.56 Å². The normalized spacial score (nSPS) is 10.6. The van der Waals surface area contributed by atoms with Gasteiger partial charge in [0.25, 0.3) is 5.56 Å². The average Bonchev–Trinajstić information content (AvgIpc) is 2.15. The summed E-state index contributed by atoms with van der Waals surface area (Å²) < 4.78 is 1.62. The molecule has 0 unspecified atom stereocenters. The zero-order valence-corrected chi connectivity index (χ0v) is 7.61. The first kappa shape index (κ1) is 7.98. The highest BCUT2D eigenvalue weighted by Gasteiger charge is 2.01. The van der Waals surface area contributed by atoms with Crippen molar-refractivity contribution in [2.75, 3.05) is 0 Å². The summed E-state index contributed by atoms with van der Waals surface area (Å²) in [6, 6.07) is 3.79. The van der Waals surface area contributed by atoms with E-state index in [0.717, 1.165) is 16.5 Å². The highest BCUT2D eigenvalue weighted by atomic mass is 16.1. The SMILES string of the molecule is Cc1cc2ccncc2n(C)c1=O. The lowest BCUT2D eigenvalue weighted by atomic mass is 10.2. The predicted octanol–water partition coefficient (Wildman–Crippen LogP) is 1.24. The molecule has 3 heteroatoms. The third kappa shape index (κ3) is 1.13. The fourth-order valence-electron chi connectivity index (χ4n) is 1.47. The predicted molar refractivity (Wildman–Crippen MR) is 51.7 cm³/mol. The molecule has 0 atom stereocenters. The molecular formula is C10H10N2O. The van der Waals surface area contributed by atoms with Crippen molar-refractivity contribution in [2.45, 2.75) is 6.92 Å². The lowest BCUT2D eigenvalue weighted by molar-refractivity contribution is 0.890. The molecule has 0 spiro atoms. The van der Waals surface area contributed by atoms with Gasteiger partial charge in [-0.1, -0.05) is 0 Å². The van der Waals surface area contributed by atoms with Crippen molar-refractivity contribution >= 4 is 10.9 Å². The summed E-state index contributed by atoms with van der Waals surface area (Å²) in [7, 11) is 1.76. The third-order valence-corrected chi connectivity index (χ3v) is 2.21. The van der Waals surface area contributed by atoms with Gasteiger partial charge in [0.05, 0.1) is 11.7 Å². The van der Waals surface area contributed by atoms with Gasteiger partial charge in [-0.2, -0.15) is 0 Å². The van der Waals surface area contributed by atoms with Crippen LogP contribution in [0.3, 0.4) is 0 Å². The van der Waals surface area contributed by atoms with Crippen LogP contribution in [0.15, 0.2) is 29.3 Å². The molecule has 0 N–H and O–H groups in total. The highest BCUT2D eigenvalue weighted by Crippen LogP contribution is 2.09. The van der Waals surface area contributed by atoms with Crippen molar-refractivity contribution in [3.05, 3.63) is 40.4 Å². The Balaban J connectivity index is 3.02. The summed E-state index contributed by atoms with van der Waals surface area (Å²) in [5, 5.41) is 1.05. The van der Waals surface area contributed by atoms with Crippen LogP contribution in [0.25, 0.3) is 10.9 Å². The second kappa shape index (κ2) is 2.69. The van der Waals surface area contributed by atoms with Crippen LogP contribution in [0.1, 0.15) is 5.56 Å². The van der Waals surface area contributed by atoms with Gasteiger partial charge in [0.2, 0.25) is 0 Å². The summed E-state index contributed by atoms with van der Waals surface area (Å²) in [5.74, 6) is 0. The van der Waals surface area contributed by atoms with Crippen LogP contribution in [0.4, 0.5) is 0 Å². The molecule has 0 radical (unpaired) electrons. The Hall–Kier alpha value is -1.64. The number of hydrogen-bond donors (Lipinski definition) is 0. The van der Waals surface area contributed by atoms with Crippen LogP contribution in [0, 0.1) is 6.92 Å². The van der Waals surface area contributed by atoms with E-state index >= 15 is 0 Å². The largest absolute Gasteiger partial charge is 0.310 e. The van der Waals surface area contributed by atoms with Gasteiger partial charge in [-0.15, -0.1) is 0 Å². The van der Waals surface area contributed by atoms with E-state index in [9.17, 15) is 4.79 Å². The zero-order chi connectivity index (χ0) is 9.42. The van der Waals surface area contributed by atoms with Crippen LogP contribution < -0.4 is 5.56 Å². The molecule has 0 aromatic carbocycles.